The van der Waals surface area contributed by atoms with Crippen molar-refractivity contribution >= 4 is 11.7 Å². The van der Waals surface area contributed by atoms with E-state index in [1.54, 1.807) is 18.2 Å². The highest BCUT2D eigenvalue weighted by Gasteiger charge is 2.18. The van der Waals surface area contributed by atoms with Gasteiger partial charge in [0.2, 0.25) is 0 Å². The number of piperidine rings is 1. The first-order valence-corrected chi connectivity index (χ1v) is 5.29. The standard InChI is InChI=1S/C11H15N3O/c12-10-6-4-5-9(13-10)11(15)14-7-2-1-3-8-14/h4-6H,1-3,7-8H2,(H2,12,13). The molecule has 80 valence electrons. The first kappa shape index (κ1) is 9.96. The van der Waals surface area contributed by atoms with E-state index in [0.29, 0.717) is 11.5 Å². The fraction of sp³-hybridized carbons (Fsp3) is 0.455. The van der Waals surface area contributed by atoms with E-state index in [1.807, 2.05) is 4.90 Å². The summed E-state index contributed by atoms with van der Waals surface area (Å²) in [6.45, 7) is 1.69. The van der Waals surface area contributed by atoms with Gasteiger partial charge in [0, 0.05) is 13.1 Å². The molecule has 1 aliphatic rings. The van der Waals surface area contributed by atoms with Crippen LogP contribution in [0.1, 0.15) is 29.8 Å². The summed E-state index contributed by atoms with van der Waals surface area (Å²) in [4.78, 5) is 17.8. The number of pyridine rings is 1. The molecule has 2 heterocycles. The largest absolute Gasteiger partial charge is 0.384 e. The lowest BCUT2D eigenvalue weighted by Gasteiger charge is -2.26. The first-order valence-electron chi connectivity index (χ1n) is 5.29. The third-order valence-corrected chi connectivity index (χ3v) is 2.63. The third-order valence-electron chi connectivity index (χ3n) is 2.63. The SMILES string of the molecule is Nc1cccc(C(=O)N2CCCCC2)n1. The first-order chi connectivity index (χ1) is 7.27. The molecule has 1 aromatic heterocycles. The Morgan fingerprint density at radius 3 is 2.67 bits per heavy atom. The number of nitrogen functional groups attached to an aromatic ring is 1. The molecule has 4 nitrogen and oxygen atoms in total. The molecule has 0 aliphatic carbocycles. The summed E-state index contributed by atoms with van der Waals surface area (Å²) in [7, 11) is 0. The molecule has 0 radical (unpaired) electrons. The van der Waals surface area contributed by atoms with Gasteiger partial charge in [-0.3, -0.25) is 4.79 Å². The van der Waals surface area contributed by atoms with Crippen molar-refractivity contribution in [2.24, 2.45) is 0 Å². The van der Waals surface area contributed by atoms with Crippen LogP contribution in [0.25, 0.3) is 0 Å². The molecule has 0 saturated carbocycles. The van der Waals surface area contributed by atoms with Crippen molar-refractivity contribution in [2.45, 2.75) is 19.3 Å². The summed E-state index contributed by atoms with van der Waals surface area (Å²) in [5.74, 6) is 0.403. The number of amides is 1. The number of hydrogen-bond donors (Lipinski definition) is 1. The minimum atomic E-state index is 0.00185. The number of aromatic nitrogens is 1. The van der Waals surface area contributed by atoms with Crippen molar-refractivity contribution in [3.05, 3.63) is 23.9 Å². The van der Waals surface area contributed by atoms with Crippen LogP contribution < -0.4 is 5.73 Å². The van der Waals surface area contributed by atoms with Gasteiger partial charge in [-0.05, 0) is 31.4 Å². The predicted molar refractivity (Wildman–Crippen MR) is 58.4 cm³/mol. The molecule has 0 aromatic carbocycles. The van der Waals surface area contributed by atoms with Crippen LogP contribution in [0.2, 0.25) is 0 Å². The molecule has 0 atom stereocenters. The molecular weight excluding hydrogens is 190 g/mol. The van der Waals surface area contributed by atoms with Gasteiger partial charge in [-0.15, -0.1) is 0 Å². The van der Waals surface area contributed by atoms with E-state index >= 15 is 0 Å². The van der Waals surface area contributed by atoms with Crippen LogP contribution in [-0.2, 0) is 0 Å². The van der Waals surface area contributed by atoms with Gasteiger partial charge in [0.1, 0.15) is 11.5 Å². The molecule has 0 spiro atoms. The average molecular weight is 205 g/mol. The van der Waals surface area contributed by atoms with Gasteiger partial charge in [-0.1, -0.05) is 6.07 Å². The number of anilines is 1. The van der Waals surface area contributed by atoms with Crippen molar-refractivity contribution in [2.75, 3.05) is 18.8 Å². The number of nitrogens with two attached hydrogens (primary N) is 1. The Morgan fingerprint density at radius 1 is 1.27 bits per heavy atom. The van der Waals surface area contributed by atoms with Gasteiger partial charge in [-0.25, -0.2) is 4.98 Å². The highest BCUT2D eigenvalue weighted by molar-refractivity contribution is 5.92. The molecule has 2 rings (SSSR count). The molecular formula is C11H15N3O. The maximum Gasteiger partial charge on any atom is 0.272 e. The average Bonchev–Trinajstić information content (AvgIpc) is 2.29. The zero-order valence-electron chi connectivity index (χ0n) is 8.65. The third kappa shape index (κ3) is 2.26. The van der Waals surface area contributed by atoms with Gasteiger partial charge in [0.15, 0.2) is 0 Å². The van der Waals surface area contributed by atoms with Crippen LogP contribution in [0.3, 0.4) is 0 Å². The van der Waals surface area contributed by atoms with Crippen molar-refractivity contribution in [3.8, 4) is 0 Å². The number of carbonyl (C=O) groups excluding carboxylic acids is 1. The Hall–Kier alpha value is -1.58. The Kier molecular flexibility index (Phi) is 2.85. The second-order valence-electron chi connectivity index (χ2n) is 3.80. The number of hydrogen-bond acceptors (Lipinski definition) is 3. The topological polar surface area (TPSA) is 59.2 Å². The monoisotopic (exact) mass is 205 g/mol. The predicted octanol–water partition coefficient (Wildman–Crippen LogP) is 1.29. The van der Waals surface area contributed by atoms with Gasteiger partial charge in [0.25, 0.3) is 5.91 Å². The van der Waals surface area contributed by atoms with E-state index in [1.165, 1.54) is 6.42 Å². The van der Waals surface area contributed by atoms with Gasteiger partial charge < -0.3 is 10.6 Å². The second kappa shape index (κ2) is 4.29. The lowest BCUT2D eigenvalue weighted by molar-refractivity contribution is 0.0718. The summed E-state index contributed by atoms with van der Waals surface area (Å²) in [6.07, 6.45) is 3.40. The number of nitrogens with zero attached hydrogens (tertiary/aromatic N) is 2. The van der Waals surface area contributed by atoms with Gasteiger partial charge >= 0.3 is 0 Å². The number of likely N-dealkylation sites (tertiary alicyclic amines) is 1. The van der Waals surface area contributed by atoms with Crippen LogP contribution in [0.15, 0.2) is 18.2 Å². The minimum absolute atomic E-state index is 0.00185. The van der Waals surface area contributed by atoms with E-state index < -0.39 is 0 Å². The van der Waals surface area contributed by atoms with Crippen LogP contribution in [0.5, 0.6) is 0 Å². The Labute approximate surface area is 89.1 Å². The highest BCUT2D eigenvalue weighted by Crippen LogP contribution is 2.12. The van der Waals surface area contributed by atoms with Crippen molar-refractivity contribution in [1.29, 1.82) is 0 Å². The Balaban J connectivity index is 2.12. The maximum absolute atomic E-state index is 12.0. The molecule has 1 saturated heterocycles. The highest BCUT2D eigenvalue weighted by atomic mass is 16.2. The maximum atomic E-state index is 12.0. The zero-order valence-corrected chi connectivity index (χ0v) is 8.65. The lowest BCUT2D eigenvalue weighted by atomic mass is 10.1. The normalized spacial score (nSPS) is 16.4. The Morgan fingerprint density at radius 2 is 2.00 bits per heavy atom. The van der Waals surface area contributed by atoms with Gasteiger partial charge in [0.05, 0.1) is 0 Å². The molecule has 0 bridgehead atoms. The van der Waals surface area contributed by atoms with E-state index in [2.05, 4.69) is 4.98 Å². The fourth-order valence-corrected chi connectivity index (χ4v) is 1.83. The smallest absolute Gasteiger partial charge is 0.272 e. The van der Waals surface area contributed by atoms with Crippen molar-refractivity contribution in [1.82, 2.24) is 9.88 Å². The quantitative estimate of drug-likeness (QED) is 0.751. The van der Waals surface area contributed by atoms with E-state index in [-0.39, 0.29) is 5.91 Å². The number of rotatable bonds is 1. The van der Waals surface area contributed by atoms with Gasteiger partial charge in [-0.2, -0.15) is 0 Å². The lowest BCUT2D eigenvalue weighted by Crippen LogP contribution is -2.36. The summed E-state index contributed by atoms with van der Waals surface area (Å²) in [6, 6.07) is 5.17. The molecule has 1 fully saturated rings. The van der Waals surface area contributed by atoms with Crippen LogP contribution in [-0.4, -0.2) is 28.9 Å². The second-order valence-corrected chi connectivity index (χ2v) is 3.80. The number of carbonyl (C=O) groups is 1. The molecule has 1 aliphatic heterocycles. The van der Waals surface area contributed by atoms with Crippen LogP contribution in [0.4, 0.5) is 5.82 Å². The van der Waals surface area contributed by atoms with E-state index in [0.717, 1.165) is 25.9 Å². The summed E-state index contributed by atoms with van der Waals surface area (Å²) in [5.41, 5.74) is 6.00. The molecule has 1 aromatic rings. The molecule has 15 heavy (non-hydrogen) atoms. The Bertz CT molecular complexity index is 359. The molecule has 2 N–H and O–H groups in total. The molecule has 4 heteroatoms. The van der Waals surface area contributed by atoms with Crippen molar-refractivity contribution in [3.63, 3.8) is 0 Å². The molecule has 1 amide bonds. The van der Waals surface area contributed by atoms with Crippen LogP contribution >= 0.6 is 0 Å². The van der Waals surface area contributed by atoms with E-state index in [9.17, 15) is 4.79 Å². The zero-order chi connectivity index (χ0) is 10.7. The summed E-state index contributed by atoms with van der Waals surface area (Å²) >= 11 is 0. The molecule has 0 unspecified atom stereocenters. The minimum Gasteiger partial charge on any atom is -0.384 e. The van der Waals surface area contributed by atoms with Crippen molar-refractivity contribution < 1.29 is 4.79 Å². The van der Waals surface area contributed by atoms with Crippen LogP contribution in [0, 0.1) is 0 Å². The van der Waals surface area contributed by atoms with E-state index in [4.69, 9.17) is 5.73 Å². The fourth-order valence-electron chi connectivity index (χ4n) is 1.83. The summed E-state index contributed by atoms with van der Waals surface area (Å²) < 4.78 is 0. The summed E-state index contributed by atoms with van der Waals surface area (Å²) in [5, 5.41) is 0.